The summed E-state index contributed by atoms with van der Waals surface area (Å²) in [5.41, 5.74) is 0.931. The van der Waals surface area contributed by atoms with Crippen LogP contribution in [0.1, 0.15) is 38.2 Å². The first-order chi connectivity index (χ1) is 12.5. The van der Waals surface area contributed by atoms with Crippen LogP contribution in [0.5, 0.6) is 0 Å². The van der Waals surface area contributed by atoms with E-state index >= 15 is 0 Å². The molecule has 1 aromatic rings. The van der Waals surface area contributed by atoms with E-state index in [0.717, 1.165) is 12.0 Å². The molecule has 136 valence electrons. The molecule has 1 saturated carbocycles. The van der Waals surface area contributed by atoms with Crippen LogP contribution in [0.2, 0.25) is 0 Å². The molecule has 0 radical (unpaired) electrons. The van der Waals surface area contributed by atoms with E-state index in [4.69, 9.17) is 17.0 Å². The molecule has 2 aliphatic carbocycles. The van der Waals surface area contributed by atoms with Crippen molar-refractivity contribution in [3.63, 3.8) is 0 Å². The Morgan fingerprint density at radius 3 is 2.73 bits per heavy atom. The van der Waals surface area contributed by atoms with Crippen molar-refractivity contribution < 1.29 is 9.53 Å². The van der Waals surface area contributed by atoms with Gasteiger partial charge in [0.1, 0.15) is 4.75 Å². The van der Waals surface area contributed by atoms with Gasteiger partial charge in [0.2, 0.25) is 0 Å². The quantitative estimate of drug-likeness (QED) is 0.379. The number of thiocarbonyl (C=S) groups is 1. The summed E-state index contributed by atoms with van der Waals surface area (Å²) in [7, 11) is 0. The standard InChI is InChI=1S/C21H23NO2S2/c1-21(14-22,26-20(25)16-5-3-2-4-6-16)10-9-19(23)24-13-18-12-15-7-8-17(18)11-15/h2-8,15,17-18H,9-13H2,1H3. The third-order valence-corrected chi connectivity index (χ3v) is 6.90. The maximum Gasteiger partial charge on any atom is 0.305 e. The molecule has 2 bridgehead atoms. The molecule has 0 amide bonds. The van der Waals surface area contributed by atoms with Crippen molar-refractivity contribution in [2.75, 3.05) is 6.61 Å². The van der Waals surface area contributed by atoms with E-state index < -0.39 is 4.75 Å². The molecule has 0 aromatic heterocycles. The monoisotopic (exact) mass is 385 g/mol. The molecule has 2 aliphatic rings. The lowest BCUT2D eigenvalue weighted by Crippen LogP contribution is -2.23. The Hall–Kier alpha value is -1.64. The number of allylic oxidation sites excluding steroid dienone is 2. The topological polar surface area (TPSA) is 50.1 Å². The number of rotatable bonds is 7. The fourth-order valence-electron chi connectivity index (χ4n) is 3.67. The number of benzene rings is 1. The lowest BCUT2D eigenvalue weighted by molar-refractivity contribution is -0.145. The van der Waals surface area contributed by atoms with E-state index in [1.807, 2.05) is 37.3 Å². The molecular formula is C21H23NO2S2. The van der Waals surface area contributed by atoms with Gasteiger partial charge in [-0.15, -0.1) is 0 Å². The fraction of sp³-hybridized carbons (Fsp3) is 0.476. The van der Waals surface area contributed by atoms with Gasteiger partial charge in [-0.1, -0.05) is 66.5 Å². The summed E-state index contributed by atoms with van der Waals surface area (Å²) >= 11 is 6.81. The number of nitriles is 1. The highest BCUT2D eigenvalue weighted by molar-refractivity contribution is 8.24. The average molecular weight is 386 g/mol. The number of carbonyl (C=O) groups is 1. The second-order valence-electron chi connectivity index (χ2n) is 7.32. The number of esters is 1. The van der Waals surface area contributed by atoms with E-state index in [2.05, 4.69) is 18.2 Å². The molecule has 5 heteroatoms. The summed E-state index contributed by atoms with van der Waals surface area (Å²) in [5, 5.41) is 9.58. The predicted molar refractivity (Wildman–Crippen MR) is 109 cm³/mol. The zero-order chi connectivity index (χ0) is 18.6. The Labute approximate surface area is 164 Å². The van der Waals surface area contributed by atoms with Gasteiger partial charge >= 0.3 is 5.97 Å². The molecule has 0 aliphatic heterocycles. The zero-order valence-corrected chi connectivity index (χ0v) is 16.5. The van der Waals surface area contributed by atoms with Gasteiger partial charge in [0.05, 0.1) is 16.9 Å². The number of fused-ring (bicyclic) bond motifs is 2. The average Bonchev–Trinajstić information content (AvgIpc) is 3.28. The van der Waals surface area contributed by atoms with Crippen molar-refractivity contribution >= 4 is 34.1 Å². The van der Waals surface area contributed by atoms with Gasteiger partial charge in [0, 0.05) is 6.42 Å². The van der Waals surface area contributed by atoms with Crippen molar-refractivity contribution in [3.8, 4) is 6.07 Å². The predicted octanol–water partition coefficient (Wildman–Crippen LogP) is 4.91. The van der Waals surface area contributed by atoms with Crippen LogP contribution in [0.25, 0.3) is 0 Å². The third kappa shape index (κ3) is 4.75. The maximum atomic E-state index is 12.1. The Bertz CT molecular complexity index is 740. The van der Waals surface area contributed by atoms with Gasteiger partial charge in [-0.25, -0.2) is 0 Å². The molecule has 0 spiro atoms. The molecule has 26 heavy (non-hydrogen) atoms. The second kappa shape index (κ2) is 8.37. The summed E-state index contributed by atoms with van der Waals surface area (Å²) < 4.78 is 5.43. The molecule has 1 aromatic carbocycles. The molecule has 0 saturated heterocycles. The van der Waals surface area contributed by atoms with E-state index in [-0.39, 0.29) is 12.4 Å². The van der Waals surface area contributed by atoms with Crippen LogP contribution in [0.4, 0.5) is 0 Å². The first-order valence-corrected chi connectivity index (χ1v) is 10.3. The number of thioether (sulfide) groups is 1. The lowest BCUT2D eigenvalue weighted by Gasteiger charge is -2.22. The number of hydrogen-bond donors (Lipinski definition) is 0. The van der Waals surface area contributed by atoms with Crippen LogP contribution in [-0.4, -0.2) is 21.5 Å². The van der Waals surface area contributed by atoms with Gasteiger partial charge in [0.25, 0.3) is 0 Å². The van der Waals surface area contributed by atoms with E-state index in [0.29, 0.717) is 35.0 Å². The molecule has 3 nitrogen and oxygen atoms in total. The normalized spacial score (nSPS) is 25.5. The van der Waals surface area contributed by atoms with E-state index in [1.165, 1.54) is 18.2 Å². The highest BCUT2D eigenvalue weighted by atomic mass is 32.2. The molecular weight excluding hydrogens is 362 g/mol. The maximum absolute atomic E-state index is 12.1. The highest BCUT2D eigenvalue weighted by Crippen LogP contribution is 2.43. The molecule has 3 rings (SSSR count). The van der Waals surface area contributed by atoms with Crippen molar-refractivity contribution in [2.45, 2.75) is 37.4 Å². The van der Waals surface area contributed by atoms with Crippen molar-refractivity contribution in [1.29, 1.82) is 5.26 Å². The van der Waals surface area contributed by atoms with E-state index in [9.17, 15) is 10.1 Å². The first kappa shape index (κ1) is 19.1. The van der Waals surface area contributed by atoms with Gasteiger partial charge in [-0.05, 0) is 49.5 Å². The van der Waals surface area contributed by atoms with Gasteiger partial charge in [0.15, 0.2) is 0 Å². The summed E-state index contributed by atoms with van der Waals surface area (Å²) in [6, 6.07) is 12.0. The summed E-state index contributed by atoms with van der Waals surface area (Å²) in [4.78, 5) is 12.1. The van der Waals surface area contributed by atoms with Gasteiger partial charge in [-0.3, -0.25) is 4.79 Å². The molecule has 0 heterocycles. The Morgan fingerprint density at radius 1 is 1.35 bits per heavy atom. The minimum absolute atomic E-state index is 0.218. The molecule has 0 N–H and O–H groups in total. The minimum atomic E-state index is -0.735. The van der Waals surface area contributed by atoms with Crippen LogP contribution in [0.3, 0.4) is 0 Å². The SMILES string of the molecule is CC(C#N)(CCC(=O)OCC1CC2C=CC1C2)SC(=S)c1ccccc1. The smallest absolute Gasteiger partial charge is 0.305 e. The van der Waals surface area contributed by atoms with Crippen molar-refractivity contribution in [2.24, 2.45) is 17.8 Å². The van der Waals surface area contributed by atoms with Crippen LogP contribution in [-0.2, 0) is 9.53 Å². The van der Waals surface area contributed by atoms with Crippen molar-refractivity contribution in [3.05, 3.63) is 48.0 Å². The zero-order valence-electron chi connectivity index (χ0n) is 14.9. The lowest BCUT2D eigenvalue weighted by atomic mass is 9.95. The summed E-state index contributed by atoms with van der Waals surface area (Å²) in [6.07, 6.45) is 7.56. The van der Waals surface area contributed by atoms with Crippen LogP contribution in [0.15, 0.2) is 42.5 Å². The minimum Gasteiger partial charge on any atom is -0.465 e. The van der Waals surface area contributed by atoms with E-state index in [1.54, 1.807) is 0 Å². The Morgan fingerprint density at radius 2 is 2.12 bits per heavy atom. The summed E-state index contributed by atoms with van der Waals surface area (Å²) in [6.45, 7) is 2.34. The molecule has 1 fully saturated rings. The summed E-state index contributed by atoms with van der Waals surface area (Å²) in [5.74, 6) is 1.51. The largest absolute Gasteiger partial charge is 0.465 e. The second-order valence-corrected chi connectivity index (χ2v) is 9.50. The highest BCUT2D eigenvalue weighted by Gasteiger charge is 2.36. The Balaban J connectivity index is 1.45. The third-order valence-electron chi connectivity index (χ3n) is 5.24. The number of ether oxygens (including phenoxy) is 1. The number of nitrogens with zero attached hydrogens (tertiary/aromatic N) is 1. The van der Waals surface area contributed by atoms with Gasteiger partial charge in [-0.2, -0.15) is 5.26 Å². The van der Waals surface area contributed by atoms with Gasteiger partial charge < -0.3 is 4.74 Å². The number of hydrogen-bond acceptors (Lipinski definition) is 5. The number of carbonyl (C=O) groups excluding carboxylic acids is 1. The van der Waals surface area contributed by atoms with Crippen LogP contribution in [0, 0.1) is 29.1 Å². The van der Waals surface area contributed by atoms with Crippen LogP contribution < -0.4 is 0 Å². The molecule has 4 atom stereocenters. The van der Waals surface area contributed by atoms with Crippen LogP contribution >= 0.6 is 24.0 Å². The molecule has 4 unspecified atom stereocenters. The fourth-order valence-corrected chi connectivity index (χ4v) is 5.27. The van der Waals surface area contributed by atoms with Crippen molar-refractivity contribution in [1.82, 2.24) is 0 Å². The Kier molecular flexibility index (Phi) is 6.16. The first-order valence-electron chi connectivity index (χ1n) is 9.03.